The lowest BCUT2D eigenvalue weighted by molar-refractivity contribution is 0.0289. The van der Waals surface area contributed by atoms with E-state index >= 15 is 0 Å². The summed E-state index contributed by atoms with van der Waals surface area (Å²) in [6, 6.07) is 3.50. The minimum absolute atomic E-state index is 0.122. The molecule has 3 heterocycles. The molecule has 3 aliphatic rings. The maximum Gasteiger partial charge on any atom is 0.231 e. The summed E-state index contributed by atoms with van der Waals surface area (Å²) < 4.78 is 23.8. The highest BCUT2D eigenvalue weighted by molar-refractivity contribution is 5.66. The molecule has 5 rings (SSSR count). The molecule has 0 amide bonds. The number of phenols is 1. The number of benzene rings is 2. The molecule has 0 aliphatic carbocycles. The molecule has 0 fully saturated rings. The summed E-state index contributed by atoms with van der Waals surface area (Å²) in [5.74, 6) is 2.72. The van der Waals surface area contributed by atoms with Gasteiger partial charge in [0.25, 0.3) is 0 Å². The summed E-state index contributed by atoms with van der Waals surface area (Å²) in [5, 5.41) is 22.1. The van der Waals surface area contributed by atoms with Crippen molar-refractivity contribution in [3.8, 4) is 34.8 Å². The van der Waals surface area contributed by atoms with Crippen molar-refractivity contribution < 1.29 is 24.1 Å². The predicted molar refractivity (Wildman–Crippen MR) is 148 cm³/mol. The van der Waals surface area contributed by atoms with Gasteiger partial charge >= 0.3 is 0 Å². The van der Waals surface area contributed by atoms with Crippen molar-refractivity contribution >= 4 is 0 Å². The van der Waals surface area contributed by atoms with E-state index in [1.165, 1.54) is 0 Å². The van der Waals surface area contributed by atoms with Crippen LogP contribution in [0.5, 0.6) is 28.7 Å². The van der Waals surface area contributed by atoms with E-state index in [0.717, 1.165) is 39.1 Å². The van der Waals surface area contributed by atoms with E-state index in [9.17, 15) is 10.4 Å². The van der Waals surface area contributed by atoms with Crippen LogP contribution in [0.15, 0.2) is 18.7 Å². The summed E-state index contributed by atoms with van der Waals surface area (Å²) in [4.78, 5) is 4.36. The number of aromatic hydroxyl groups is 1. The van der Waals surface area contributed by atoms with Crippen LogP contribution in [-0.2, 0) is 12.8 Å². The standard InChI is InChI=1S/C30H38N4O5/c1-7-10-37-28-17(3)29-30(39-15-38-29)24-20(28)12-21-25(33(4)5)23-18(11-16(2)27(36-6)26(23)35)8-9-19(13-31)34(21)22(24)14-32/h7,11,19,21-22,25,35H,1,8-10,12,14-15,32H2,2-6H3/t19-,21?,22?,25?/m1/s1. The van der Waals surface area contributed by atoms with Crippen molar-refractivity contribution in [1.29, 1.82) is 5.26 Å². The Morgan fingerprint density at radius 3 is 2.64 bits per heavy atom. The van der Waals surface area contributed by atoms with E-state index < -0.39 is 6.04 Å². The topological polar surface area (TPSA) is 113 Å². The van der Waals surface area contributed by atoms with Crippen LogP contribution in [0.4, 0.5) is 0 Å². The molecule has 3 aliphatic heterocycles. The molecule has 0 bridgehead atoms. The average Bonchev–Trinajstić information content (AvgIpc) is 3.40. The summed E-state index contributed by atoms with van der Waals surface area (Å²) in [5.41, 5.74) is 12.1. The van der Waals surface area contributed by atoms with Crippen molar-refractivity contribution in [3.05, 3.63) is 52.1 Å². The second kappa shape index (κ2) is 10.6. The van der Waals surface area contributed by atoms with Crippen molar-refractivity contribution in [1.82, 2.24) is 9.80 Å². The Bertz CT molecular complexity index is 1330. The van der Waals surface area contributed by atoms with E-state index in [4.69, 9.17) is 24.7 Å². The summed E-state index contributed by atoms with van der Waals surface area (Å²) in [6.45, 7) is 8.48. The minimum atomic E-state index is -0.395. The van der Waals surface area contributed by atoms with Crippen LogP contribution in [0.2, 0.25) is 0 Å². The highest BCUT2D eigenvalue weighted by Gasteiger charge is 2.49. The molecule has 2 aromatic rings. The number of rotatable bonds is 6. The van der Waals surface area contributed by atoms with Gasteiger partial charge in [0.1, 0.15) is 12.4 Å². The van der Waals surface area contributed by atoms with Crippen LogP contribution in [0, 0.1) is 25.2 Å². The molecular formula is C30H38N4O5. The van der Waals surface area contributed by atoms with Crippen LogP contribution < -0.4 is 24.7 Å². The number of aryl methyl sites for hydroxylation is 2. The zero-order valence-electron chi connectivity index (χ0n) is 23.4. The summed E-state index contributed by atoms with van der Waals surface area (Å²) >= 11 is 0. The quantitative estimate of drug-likeness (QED) is 0.536. The number of nitrogens with two attached hydrogens (primary N) is 1. The maximum absolute atomic E-state index is 11.6. The van der Waals surface area contributed by atoms with Crippen LogP contribution in [0.25, 0.3) is 0 Å². The van der Waals surface area contributed by atoms with Gasteiger partial charge < -0.3 is 34.7 Å². The maximum atomic E-state index is 11.6. The summed E-state index contributed by atoms with van der Waals surface area (Å²) in [7, 11) is 5.60. The number of hydrogen-bond donors (Lipinski definition) is 2. The van der Waals surface area contributed by atoms with E-state index in [2.05, 4.69) is 28.5 Å². The van der Waals surface area contributed by atoms with Crippen LogP contribution in [-0.4, -0.2) is 68.1 Å². The third-order valence-electron chi connectivity index (χ3n) is 8.38. The number of nitriles is 1. The fraction of sp³-hybridized carbons (Fsp3) is 0.500. The first-order chi connectivity index (χ1) is 18.8. The number of phenolic OH excluding ortho intramolecular Hbond substituents is 1. The zero-order chi connectivity index (χ0) is 28.0. The van der Waals surface area contributed by atoms with Gasteiger partial charge in [-0.25, -0.2) is 0 Å². The Kier molecular flexibility index (Phi) is 7.38. The largest absolute Gasteiger partial charge is 0.504 e. The Balaban J connectivity index is 1.80. The van der Waals surface area contributed by atoms with Gasteiger partial charge in [0, 0.05) is 34.8 Å². The van der Waals surface area contributed by atoms with Crippen molar-refractivity contribution in [2.24, 2.45) is 5.73 Å². The molecule has 9 heteroatoms. The molecule has 208 valence electrons. The molecule has 0 saturated heterocycles. The van der Waals surface area contributed by atoms with Gasteiger partial charge in [-0.05, 0) is 58.3 Å². The smallest absolute Gasteiger partial charge is 0.231 e. The number of nitrogens with zero attached hydrogens (tertiary/aromatic N) is 3. The Morgan fingerprint density at radius 2 is 2.00 bits per heavy atom. The average molecular weight is 535 g/mol. The van der Waals surface area contributed by atoms with Gasteiger partial charge in [-0.2, -0.15) is 5.26 Å². The third-order valence-corrected chi connectivity index (χ3v) is 8.38. The molecule has 3 N–H and O–H groups in total. The molecular weight excluding hydrogens is 496 g/mol. The van der Waals surface area contributed by atoms with Crippen LogP contribution in [0.1, 0.15) is 51.9 Å². The van der Waals surface area contributed by atoms with Crippen molar-refractivity contribution in [3.63, 3.8) is 0 Å². The number of likely N-dealkylation sites (N-methyl/N-ethyl adjacent to an activating group) is 1. The van der Waals surface area contributed by atoms with Crippen LogP contribution >= 0.6 is 0 Å². The number of fused-ring (bicyclic) bond motifs is 5. The third kappa shape index (κ3) is 4.18. The second-order valence-electron chi connectivity index (χ2n) is 10.7. The Hall–Kier alpha value is -3.45. The zero-order valence-corrected chi connectivity index (χ0v) is 23.4. The van der Waals surface area contributed by atoms with Gasteiger partial charge in [-0.3, -0.25) is 4.90 Å². The molecule has 0 radical (unpaired) electrons. The summed E-state index contributed by atoms with van der Waals surface area (Å²) in [6.07, 6.45) is 3.52. The number of methoxy groups -OCH3 is 1. The van der Waals surface area contributed by atoms with Crippen LogP contribution in [0.3, 0.4) is 0 Å². The monoisotopic (exact) mass is 534 g/mol. The SMILES string of the molecule is C=CCOc1c(C)c2c(c3c1CC1C(N(C)C)c4c(cc(C)c(OC)c4O)CC[C@H](C#N)N1C3CN)OCO2. The molecule has 39 heavy (non-hydrogen) atoms. The molecule has 3 unspecified atom stereocenters. The molecule has 0 saturated carbocycles. The molecule has 2 aromatic carbocycles. The first-order valence-electron chi connectivity index (χ1n) is 13.4. The van der Waals surface area contributed by atoms with Crippen molar-refractivity contribution in [2.45, 2.75) is 57.3 Å². The van der Waals surface area contributed by atoms with Gasteiger partial charge in [0.15, 0.2) is 23.0 Å². The fourth-order valence-corrected chi connectivity index (χ4v) is 6.92. The van der Waals surface area contributed by atoms with Gasteiger partial charge in [-0.1, -0.05) is 18.7 Å². The fourth-order valence-electron chi connectivity index (χ4n) is 6.92. The van der Waals surface area contributed by atoms with E-state index in [1.54, 1.807) is 13.2 Å². The Morgan fingerprint density at radius 1 is 1.26 bits per heavy atom. The highest BCUT2D eigenvalue weighted by Crippen LogP contribution is 2.55. The molecule has 4 atom stereocenters. The van der Waals surface area contributed by atoms with Gasteiger partial charge in [0.05, 0.1) is 31.3 Å². The highest BCUT2D eigenvalue weighted by atomic mass is 16.7. The number of ether oxygens (including phenoxy) is 4. The minimum Gasteiger partial charge on any atom is -0.504 e. The van der Waals surface area contributed by atoms with Crippen molar-refractivity contribution in [2.75, 3.05) is 41.1 Å². The normalized spacial score (nSPS) is 23.6. The van der Waals surface area contributed by atoms with E-state index in [1.807, 2.05) is 27.9 Å². The lowest BCUT2D eigenvalue weighted by atomic mass is 9.76. The van der Waals surface area contributed by atoms with Gasteiger partial charge in [-0.15, -0.1) is 0 Å². The molecule has 9 nitrogen and oxygen atoms in total. The van der Waals surface area contributed by atoms with E-state index in [-0.39, 0.29) is 37.2 Å². The first kappa shape index (κ1) is 27.1. The number of hydrogen-bond acceptors (Lipinski definition) is 9. The second-order valence-corrected chi connectivity index (χ2v) is 10.7. The lowest BCUT2D eigenvalue weighted by Crippen LogP contribution is -2.56. The molecule has 0 aromatic heterocycles. The Labute approximate surface area is 230 Å². The first-order valence-corrected chi connectivity index (χ1v) is 13.4. The van der Waals surface area contributed by atoms with Gasteiger partial charge in [0.2, 0.25) is 6.79 Å². The predicted octanol–water partition coefficient (Wildman–Crippen LogP) is 3.68. The van der Waals surface area contributed by atoms with E-state index in [0.29, 0.717) is 43.1 Å². The lowest BCUT2D eigenvalue weighted by Gasteiger charge is -2.51. The molecule has 0 spiro atoms.